The van der Waals surface area contributed by atoms with Crippen LogP contribution in [0.5, 0.6) is 0 Å². The van der Waals surface area contributed by atoms with Gasteiger partial charge in [0.2, 0.25) is 5.91 Å². The summed E-state index contributed by atoms with van der Waals surface area (Å²) in [5, 5.41) is 7.54. The third-order valence-electron chi connectivity index (χ3n) is 4.61. The van der Waals surface area contributed by atoms with Crippen LogP contribution in [0, 0.1) is 5.92 Å². The molecule has 1 aliphatic heterocycles. The maximum Gasteiger partial charge on any atom is 0.417 e. The minimum absolute atomic E-state index is 0.0419. The van der Waals surface area contributed by atoms with Crippen molar-refractivity contribution >= 4 is 44.8 Å². The van der Waals surface area contributed by atoms with Crippen molar-refractivity contribution in [2.45, 2.75) is 37.6 Å². The van der Waals surface area contributed by atoms with E-state index < -0.39 is 27.6 Å². The molecule has 0 spiro atoms. The number of carbonyl (C=O) groups is 1. The van der Waals surface area contributed by atoms with E-state index in [1.165, 1.54) is 0 Å². The van der Waals surface area contributed by atoms with Crippen LogP contribution in [0.15, 0.2) is 17.4 Å². The van der Waals surface area contributed by atoms with Crippen molar-refractivity contribution in [3.05, 3.63) is 22.8 Å². The lowest BCUT2D eigenvalue weighted by molar-refractivity contribution is -0.138. The topological polar surface area (TPSA) is 84.6 Å². The van der Waals surface area contributed by atoms with Crippen molar-refractivity contribution in [3.63, 3.8) is 0 Å². The third-order valence-corrected chi connectivity index (χ3v) is 7.57. The highest BCUT2D eigenvalue weighted by Crippen LogP contribution is 2.33. The Balaban J connectivity index is 1.80. The lowest BCUT2D eigenvalue weighted by Crippen LogP contribution is -2.44. The molecule has 3 rings (SSSR count). The van der Waals surface area contributed by atoms with Crippen molar-refractivity contribution < 1.29 is 26.4 Å². The SMILES string of the molecule is CC(C)CN(C(=O)CSc1nnc2c(Cl)cc(C(F)(F)F)cn12)[C@@H]1CCS(=O)(=O)C1. The first-order chi connectivity index (χ1) is 13.9. The van der Waals surface area contributed by atoms with Crippen LogP contribution in [0.4, 0.5) is 13.2 Å². The van der Waals surface area contributed by atoms with Crippen LogP contribution in [-0.2, 0) is 20.8 Å². The summed E-state index contributed by atoms with van der Waals surface area (Å²) in [5.74, 6) is -0.317. The van der Waals surface area contributed by atoms with Gasteiger partial charge in [0.05, 0.1) is 27.8 Å². The number of thioether (sulfide) groups is 1. The van der Waals surface area contributed by atoms with Crippen molar-refractivity contribution in [2.24, 2.45) is 5.92 Å². The number of halogens is 4. The molecule has 7 nitrogen and oxygen atoms in total. The second-order valence-corrected chi connectivity index (χ2v) is 11.1. The number of carbonyl (C=O) groups excluding carboxylic acids is 1. The second-order valence-electron chi connectivity index (χ2n) is 7.54. The maximum absolute atomic E-state index is 13.1. The molecule has 0 aromatic carbocycles. The Labute approximate surface area is 180 Å². The van der Waals surface area contributed by atoms with E-state index in [0.29, 0.717) is 13.0 Å². The zero-order valence-corrected chi connectivity index (χ0v) is 18.6. The zero-order chi connectivity index (χ0) is 22.3. The number of hydrogen-bond acceptors (Lipinski definition) is 6. The molecule has 13 heteroatoms. The molecule has 2 aromatic rings. The van der Waals surface area contributed by atoms with Crippen LogP contribution in [-0.4, -0.2) is 63.7 Å². The van der Waals surface area contributed by atoms with Gasteiger partial charge in [-0.15, -0.1) is 10.2 Å². The van der Waals surface area contributed by atoms with Crippen LogP contribution in [0.25, 0.3) is 5.65 Å². The summed E-state index contributed by atoms with van der Waals surface area (Å²) in [6, 6.07) is 0.378. The molecule has 0 radical (unpaired) electrons. The van der Waals surface area contributed by atoms with Crippen molar-refractivity contribution in [3.8, 4) is 0 Å². The van der Waals surface area contributed by atoms with Gasteiger partial charge in [0.25, 0.3) is 0 Å². The molecule has 166 valence electrons. The number of sulfone groups is 1. The van der Waals surface area contributed by atoms with Crippen LogP contribution < -0.4 is 0 Å². The van der Waals surface area contributed by atoms with Crippen molar-refractivity contribution in [2.75, 3.05) is 23.8 Å². The molecule has 0 N–H and O–H groups in total. The van der Waals surface area contributed by atoms with Gasteiger partial charge in [-0.1, -0.05) is 37.2 Å². The maximum atomic E-state index is 13.1. The van der Waals surface area contributed by atoms with Crippen molar-refractivity contribution in [1.29, 1.82) is 0 Å². The Kier molecular flexibility index (Phi) is 6.59. The monoisotopic (exact) mass is 484 g/mol. The summed E-state index contributed by atoms with van der Waals surface area (Å²) in [6.07, 6.45) is -3.38. The van der Waals surface area contributed by atoms with Crippen LogP contribution >= 0.6 is 23.4 Å². The Morgan fingerprint density at radius 2 is 2.10 bits per heavy atom. The number of aromatic nitrogens is 3. The minimum atomic E-state index is -4.60. The fraction of sp³-hybridized carbons (Fsp3) is 0.588. The molecule has 0 saturated carbocycles. The summed E-state index contributed by atoms with van der Waals surface area (Å²) < 4.78 is 64.0. The molecule has 1 saturated heterocycles. The fourth-order valence-corrected chi connectivity index (χ4v) is 6.04. The average molecular weight is 485 g/mol. The first kappa shape index (κ1) is 23.1. The standard InChI is InChI=1S/C17H20ClF3N4O3S2/c1-10(2)6-24(12-3-4-30(27,28)9-12)14(26)8-29-16-23-22-15-13(18)5-11(7-25(15)16)17(19,20)21/h5,7,10,12H,3-4,6,8-9H2,1-2H3/t12-/m1/s1. The van der Waals surface area contributed by atoms with E-state index in [1.54, 1.807) is 4.90 Å². The Bertz CT molecular complexity index is 1060. The number of amides is 1. The van der Waals surface area contributed by atoms with Gasteiger partial charge < -0.3 is 4.90 Å². The Morgan fingerprint density at radius 3 is 2.67 bits per heavy atom. The molecule has 1 atom stereocenters. The van der Waals surface area contributed by atoms with Crippen LogP contribution in [0.1, 0.15) is 25.8 Å². The van der Waals surface area contributed by atoms with E-state index in [0.717, 1.165) is 28.4 Å². The molecule has 0 unspecified atom stereocenters. The average Bonchev–Trinajstić information content (AvgIpc) is 3.19. The quantitative estimate of drug-likeness (QED) is 0.585. The number of alkyl halides is 3. The largest absolute Gasteiger partial charge is 0.417 e. The van der Waals surface area contributed by atoms with E-state index in [1.807, 2.05) is 13.8 Å². The van der Waals surface area contributed by atoms with Gasteiger partial charge in [-0.05, 0) is 18.4 Å². The van der Waals surface area contributed by atoms with Gasteiger partial charge in [-0.2, -0.15) is 13.2 Å². The van der Waals surface area contributed by atoms with Gasteiger partial charge in [-0.3, -0.25) is 9.20 Å². The summed E-state index contributed by atoms with van der Waals surface area (Å²) in [7, 11) is -3.17. The Hall–Kier alpha value is -1.53. The van der Waals surface area contributed by atoms with E-state index in [9.17, 15) is 26.4 Å². The second kappa shape index (κ2) is 8.54. The van der Waals surface area contributed by atoms with E-state index in [-0.39, 0.29) is 44.9 Å². The molecule has 1 fully saturated rings. The zero-order valence-electron chi connectivity index (χ0n) is 16.2. The van der Waals surface area contributed by atoms with E-state index >= 15 is 0 Å². The highest BCUT2D eigenvalue weighted by Gasteiger charge is 2.35. The van der Waals surface area contributed by atoms with Gasteiger partial charge in [0, 0.05) is 18.8 Å². The summed E-state index contributed by atoms with van der Waals surface area (Å²) in [6.45, 7) is 4.23. The smallest absolute Gasteiger partial charge is 0.338 e. The van der Waals surface area contributed by atoms with Crippen LogP contribution in [0.3, 0.4) is 0 Å². The molecule has 30 heavy (non-hydrogen) atoms. The first-order valence-corrected chi connectivity index (χ1v) is 12.3. The molecule has 1 amide bonds. The summed E-state index contributed by atoms with van der Waals surface area (Å²) in [4.78, 5) is 14.4. The van der Waals surface area contributed by atoms with Gasteiger partial charge in [0.15, 0.2) is 20.6 Å². The Morgan fingerprint density at radius 1 is 1.40 bits per heavy atom. The predicted molar refractivity (Wildman–Crippen MR) is 107 cm³/mol. The fourth-order valence-electron chi connectivity index (χ4n) is 3.27. The van der Waals surface area contributed by atoms with Gasteiger partial charge in [-0.25, -0.2) is 8.42 Å². The lowest BCUT2D eigenvalue weighted by atomic mass is 10.1. The molecule has 3 heterocycles. The number of hydrogen-bond donors (Lipinski definition) is 0. The molecular weight excluding hydrogens is 465 g/mol. The lowest BCUT2D eigenvalue weighted by Gasteiger charge is -2.29. The summed E-state index contributed by atoms with van der Waals surface area (Å²) >= 11 is 6.83. The van der Waals surface area contributed by atoms with Crippen LogP contribution in [0.2, 0.25) is 5.02 Å². The number of nitrogens with zero attached hydrogens (tertiary/aromatic N) is 4. The van der Waals surface area contributed by atoms with Crippen molar-refractivity contribution in [1.82, 2.24) is 19.5 Å². The van der Waals surface area contributed by atoms with Gasteiger partial charge >= 0.3 is 6.18 Å². The molecule has 2 aromatic heterocycles. The first-order valence-electron chi connectivity index (χ1n) is 9.11. The number of pyridine rings is 1. The predicted octanol–water partition coefficient (Wildman–Crippen LogP) is 3.17. The highest BCUT2D eigenvalue weighted by atomic mass is 35.5. The molecular formula is C17H20ClF3N4O3S2. The molecule has 0 aliphatic carbocycles. The molecule has 0 bridgehead atoms. The normalized spacial score (nSPS) is 19.0. The summed E-state index contributed by atoms with van der Waals surface area (Å²) in [5.41, 5.74) is -0.897. The van der Waals surface area contributed by atoms with Gasteiger partial charge in [0.1, 0.15) is 0 Å². The highest BCUT2D eigenvalue weighted by molar-refractivity contribution is 7.99. The minimum Gasteiger partial charge on any atom is -0.338 e. The number of fused-ring (bicyclic) bond motifs is 1. The van der Waals surface area contributed by atoms with E-state index in [2.05, 4.69) is 10.2 Å². The molecule has 1 aliphatic rings. The van der Waals surface area contributed by atoms with E-state index in [4.69, 9.17) is 11.6 Å². The number of rotatable bonds is 6. The third kappa shape index (κ3) is 5.20.